The van der Waals surface area contributed by atoms with E-state index < -0.39 is 0 Å². The van der Waals surface area contributed by atoms with Gasteiger partial charge >= 0.3 is 0 Å². The standard InChI is InChI=1S/C15H18BrNS2/c1-2-17-14(9-12-7-8-18-10-12)11-19-15-5-3-13(16)4-6-15/h3-8,10,14,17H,2,9,11H2,1H3. The van der Waals surface area contributed by atoms with Gasteiger partial charge in [-0.25, -0.2) is 0 Å². The molecule has 2 aromatic rings. The Kier molecular flexibility index (Phi) is 6.44. The smallest absolute Gasteiger partial charge is 0.0202 e. The number of benzene rings is 1. The lowest BCUT2D eigenvalue weighted by atomic mass is 10.1. The second kappa shape index (κ2) is 8.10. The van der Waals surface area contributed by atoms with Crippen LogP contribution in [0, 0.1) is 0 Å². The van der Waals surface area contributed by atoms with Gasteiger partial charge in [0.1, 0.15) is 0 Å². The Labute approximate surface area is 131 Å². The maximum atomic E-state index is 3.58. The number of likely N-dealkylation sites (N-methyl/N-ethyl adjacent to an activating group) is 1. The highest BCUT2D eigenvalue weighted by atomic mass is 79.9. The van der Waals surface area contributed by atoms with Gasteiger partial charge in [-0.3, -0.25) is 0 Å². The van der Waals surface area contributed by atoms with Crippen molar-refractivity contribution in [3.8, 4) is 0 Å². The van der Waals surface area contributed by atoms with Crippen molar-refractivity contribution in [2.45, 2.75) is 24.3 Å². The minimum Gasteiger partial charge on any atom is -0.313 e. The number of hydrogen-bond donors (Lipinski definition) is 1. The van der Waals surface area contributed by atoms with E-state index in [2.05, 4.69) is 69.3 Å². The molecule has 1 atom stereocenters. The van der Waals surface area contributed by atoms with Crippen molar-refractivity contribution in [3.05, 3.63) is 51.1 Å². The van der Waals surface area contributed by atoms with Crippen LogP contribution in [0.25, 0.3) is 0 Å². The van der Waals surface area contributed by atoms with Crippen molar-refractivity contribution < 1.29 is 0 Å². The molecule has 1 nitrogen and oxygen atoms in total. The fraction of sp³-hybridized carbons (Fsp3) is 0.333. The summed E-state index contributed by atoms with van der Waals surface area (Å²) in [5.41, 5.74) is 1.44. The number of thioether (sulfide) groups is 1. The van der Waals surface area contributed by atoms with E-state index in [4.69, 9.17) is 0 Å². The molecule has 0 saturated heterocycles. The first-order valence-corrected chi connectivity index (χ1v) is 9.13. The highest BCUT2D eigenvalue weighted by Crippen LogP contribution is 2.22. The molecule has 1 unspecified atom stereocenters. The zero-order valence-electron chi connectivity index (χ0n) is 10.9. The number of rotatable bonds is 7. The zero-order chi connectivity index (χ0) is 13.5. The molecule has 0 amide bonds. The molecule has 2 rings (SSSR count). The topological polar surface area (TPSA) is 12.0 Å². The van der Waals surface area contributed by atoms with Crippen molar-refractivity contribution >= 4 is 39.0 Å². The van der Waals surface area contributed by atoms with E-state index in [1.165, 1.54) is 10.5 Å². The summed E-state index contributed by atoms with van der Waals surface area (Å²) in [6, 6.07) is 11.3. The molecule has 1 heterocycles. The van der Waals surface area contributed by atoms with Crippen LogP contribution in [-0.4, -0.2) is 18.3 Å². The summed E-state index contributed by atoms with van der Waals surface area (Å²) in [7, 11) is 0. The minimum atomic E-state index is 0.535. The van der Waals surface area contributed by atoms with Crippen molar-refractivity contribution in [1.29, 1.82) is 0 Å². The summed E-state index contributed by atoms with van der Waals surface area (Å²) in [6.07, 6.45) is 1.11. The summed E-state index contributed by atoms with van der Waals surface area (Å²) in [5.74, 6) is 1.10. The third-order valence-electron chi connectivity index (χ3n) is 2.82. The third kappa shape index (κ3) is 5.30. The molecular weight excluding hydrogens is 338 g/mol. The summed E-state index contributed by atoms with van der Waals surface area (Å²) in [6.45, 7) is 3.20. The van der Waals surface area contributed by atoms with E-state index in [0.717, 1.165) is 23.2 Å². The average molecular weight is 356 g/mol. The highest BCUT2D eigenvalue weighted by molar-refractivity contribution is 9.10. The SMILES string of the molecule is CCNC(CSc1ccc(Br)cc1)Cc1ccsc1. The van der Waals surface area contributed by atoms with Crippen molar-refractivity contribution in [2.75, 3.05) is 12.3 Å². The number of nitrogens with one attached hydrogen (secondary N) is 1. The molecule has 0 aliphatic heterocycles. The fourth-order valence-electron chi connectivity index (χ4n) is 1.90. The predicted molar refractivity (Wildman–Crippen MR) is 90.4 cm³/mol. The van der Waals surface area contributed by atoms with E-state index in [9.17, 15) is 0 Å². The predicted octanol–water partition coefficient (Wildman–Crippen LogP) is 4.82. The van der Waals surface area contributed by atoms with Crippen LogP contribution in [0.3, 0.4) is 0 Å². The Bertz CT molecular complexity index is 467. The van der Waals surface area contributed by atoms with Crippen LogP contribution in [0.1, 0.15) is 12.5 Å². The molecule has 1 aromatic heterocycles. The molecule has 0 fully saturated rings. The van der Waals surface area contributed by atoms with Gasteiger partial charge < -0.3 is 5.32 Å². The molecule has 0 saturated carbocycles. The maximum Gasteiger partial charge on any atom is 0.0202 e. The molecular formula is C15H18BrNS2. The van der Waals surface area contributed by atoms with E-state index >= 15 is 0 Å². The van der Waals surface area contributed by atoms with E-state index in [1.807, 2.05) is 11.8 Å². The van der Waals surface area contributed by atoms with Gasteiger partial charge in [0.05, 0.1) is 0 Å². The lowest BCUT2D eigenvalue weighted by molar-refractivity contribution is 0.573. The van der Waals surface area contributed by atoms with Crippen LogP contribution in [0.15, 0.2) is 50.5 Å². The first kappa shape index (κ1) is 15.1. The van der Waals surface area contributed by atoms with Gasteiger partial charge in [-0.15, -0.1) is 11.8 Å². The largest absolute Gasteiger partial charge is 0.313 e. The molecule has 0 radical (unpaired) electrons. The molecule has 0 aliphatic rings. The Hall–Kier alpha value is -0.290. The van der Waals surface area contributed by atoms with Crippen LogP contribution in [0.5, 0.6) is 0 Å². The van der Waals surface area contributed by atoms with E-state index in [1.54, 1.807) is 11.3 Å². The molecule has 0 spiro atoms. The lowest BCUT2D eigenvalue weighted by Gasteiger charge is -2.17. The molecule has 1 aromatic carbocycles. The highest BCUT2D eigenvalue weighted by Gasteiger charge is 2.09. The minimum absolute atomic E-state index is 0.535. The number of thiophene rings is 1. The third-order valence-corrected chi connectivity index (χ3v) is 5.26. The Morgan fingerprint density at radius 2 is 2.05 bits per heavy atom. The van der Waals surface area contributed by atoms with E-state index in [-0.39, 0.29) is 0 Å². The first-order chi connectivity index (χ1) is 9.28. The number of hydrogen-bond acceptors (Lipinski definition) is 3. The molecule has 19 heavy (non-hydrogen) atoms. The molecule has 102 valence electrons. The Balaban J connectivity index is 1.87. The summed E-state index contributed by atoms with van der Waals surface area (Å²) in [5, 5.41) is 7.97. The van der Waals surface area contributed by atoms with Gasteiger partial charge in [0.25, 0.3) is 0 Å². The average Bonchev–Trinajstić information content (AvgIpc) is 2.91. The van der Waals surface area contributed by atoms with Crippen LogP contribution >= 0.6 is 39.0 Å². The van der Waals surface area contributed by atoms with Crippen LogP contribution in [0.2, 0.25) is 0 Å². The van der Waals surface area contributed by atoms with Crippen molar-refractivity contribution in [1.82, 2.24) is 5.32 Å². The van der Waals surface area contributed by atoms with Gasteiger partial charge in [0, 0.05) is 21.2 Å². The van der Waals surface area contributed by atoms with E-state index in [0.29, 0.717) is 6.04 Å². The van der Waals surface area contributed by atoms with Crippen molar-refractivity contribution in [3.63, 3.8) is 0 Å². The summed E-state index contributed by atoms with van der Waals surface area (Å²) >= 11 is 7.16. The van der Waals surface area contributed by atoms with Gasteiger partial charge in [0.2, 0.25) is 0 Å². The quantitative estimate of drug-likeness (QED) is 0.714. The molecule has 4 heteroatoms. The fourth-order valence-corrected chi connectivity index (χ4v) is 3.80. The molecule has 0 bridgehead atoms. The van der Waals surface area contributed by atoms with Gasteiger partial charge in [0.15, 0.2) is 0 Å². The molecule has 1 N–H and O–H groups in total. The molecule has 0 aliphatic carbocycles. The lowest BCUT2D eigenvalue weighted by Crippen LogP contribution is -2.33. The van der Waals surface area contributed by atoms with Gasteiger partial charge in [-0.1, -0.05) is 22.9 Å². The first-order valence-electron chi connectivity index (χ1n) is 6.40. The van der Waals surface area contributed by atoms with Gasteiger partial charge in [-0.2, -0.15) is 11.3 Å². The van der Waals surface area contributed by atoms with Crippen LogP contribution in [-0.2, 0) is 6.42 Å². The second-order valence-corrected chi connectivity index (χ2v) is 7.14. The zero-order valence-corrected chi connectivity index (χ0v) is 14.2. The van der Waals surface area contributed by atoms with Crippen LogP contribution in [0.4, 0.5) is 0 Å². The summed E-state index contributed by atoms with van der Waals surface area (Å²) in [4.78, 5) is 1.33. The monoisotopic (exact) mass is 355 g/mol. The number of halogens is 1. The summed E-state index contributed by atoms with van der Waals surface area (Å²) < 4.78 is 1.14. The second-order valence-electron chi connectivity index (χ2n) is 4.36. The normalized spacial score (nSPS) is 12.5. The van der Waals surface area contributed by atoms with Crippen LogP contribution < -0.4 is 5.32 Å². The maximum absolute atomic E-state index is 3.58. The Morgan fingerprint density at radius 1 is 1.26 bits per heavy atom. The van der Waals surface area contributed by atoms with Gasteiger partial charge in [-0.05, 0) is 59.6 Å². The van der Waals surface area contributed by atoms with Crippen molar-refractivity contribution in [2.24, 2.45) is 0 Å². The Morgan fingerprint density at radius 3 is 2.68 bits per heavy atom.